The molecule has 1 saturated heterocycles. The fraction of sp³-hybridized carbons (Fsp3) is 0.357. The second-order valence-electron chi connectivity index (χ2n) is 4.86. The summed E-state index contributed by atoms with van der Waals surface area (Å²) in [5.41, 5.74) is 1.65. The number of rotatable bonds is 3. The van der Waals surface area contributed by atoms with Gasteiger partial charge in [0.2, 0.25) is 5.91 Å². The van der Waals surface area contributed by atoms with E-state index in [2.05, 4.69) is 20.8 Å². The van der Waals surface area contributed by atoms with E-state index in [0.29, 0.717) is 0 Å². The number of halogens is 1. The monoisotopic (exact) mass is 307 g/mol. The summed E-state index contributed by atoms with van der Waals surface area (Å²) in [4.78, 5) is 13.6. The van der Waals surface area contributed by atoms with Gasteiger partial charge in [0.25, 0.3) is 0 Å². The zero-order valence-electron chi connectivity index (χ0n) is 11.5. The number of carbonyl (C=O) groups is 1. The van der Waals surface area contributed by atoms with Crippen LogP contribution in [-0.2, 0) is 4.79 Å². The highest BCUT2D eigenvalue weighted by Gasteiger charge is 2.20. The molecular weight excluding hydrogens is 290 g/mol. The molecule has 7 heteroatoms. The fourth-order valence-electron chi connectivity index (χ4n) is 2.33. The third-order valence-corrected chi connectivity index (χ3v) is 3.41. The predicted molar refractivity (Wildman–Crippen MR) is 82.9 cm³/mol. The Hall–Kier alpha value is -1.92. The lowest BCUT2D eigenvalue weighted by molar-refractivity contribution is -0.118. The lowest BCUT2D eigenvalue weighted by Gasteiger charge is -2.22. The molecule has 1 aliphatic rings. The van der Waals surface area contributed by atoms with Crippen molar-refractivity contribution in [2.75, 3.05) is 11.9 Å². The molecule has 0 aliphatic carbocycles. The summed E-state index contributed by atoms with van der Waals surface area (Å²) < 4.78 is 0. The molecule has 0 radical (unpaired) electrons. The molecule has 2 aromatic rings. The van der Waals surface area contributed by atoms with Gasteiger partial charge in [0.1, 0.15) is 0 Å². The third kappa shape index (κ3) is 3.80. The van der Waals surface area contributed by atoms with Crippen molar-refractivity contribution in [3.05, 3.63) is 36.7 Å². The van der Waals surface area contributed by atoms with Crippen LogP contribution in [0.25, 0.3) is 5.69 Å². The number of piperidine rings is 1. The van der Waals surface area contributed by atoms with E-state index in [1.165, 1.54) is 4.80 Å². The van der Waals surface area contributed by atoms with Crippen molar-refractivity contribution < 1.29 is 4.79 Å². The third-order valence-electron chi connectivity index (χ3n) is 3.41. The molecule has 0 saturated carbocycles. The molecule has 2 heterocycles. The molecule has 1 aromatic carbocycles. The molecule has 0 unspecified atom stereocenters. The van der Waals surface area contributed by atoms with Gasteiger partial charge in [0.05, 0.1) is 24.1 Å². The number of nitrogens with one attached hydrogen (secondary N) is 2. The average molecular weight is 308 g/mol. The molecule has 0 bridgehead atoms. The number of nitrogens with zero attached hydrogens (tertiary/aromatic N) is 3. The van der Waals surface area contributed by atoms with Gasteiger partial charge in [-0.05, 0) is 43.7 Å². The molecule has 1 fully saturated rings. The Bertz CT molecular complexity index is 564. The van der Waals surface area contributed by atoms with Gasteiger partial charge >= 0.3 is 0 Å². The van der Waals surface area contributed by atoms with E-state index in [0.717, 1.165) is 37.2 Å². The normalized spacial score (nSPS) is 17.8. The number of amides is 1. The Balaban J connectivity index is 0.00000161. The van der Waals surface area contributed by atoms with E-state index in [1.807, 2.05) is 24.3 Å². The molecule has 2 N–H and O–H groups in total. The lowest BCUT2D eigenvalue weighted by Crippen LogP contribution is -2.43. The van der Waals surface area contributed by atoms with Gasteiger partial charge in [-0.2, -0.15) is 15.0 Å². The Morgan fingerprint density at radius 2 is 1.90 bits per heavy atom. The zero-order valence-corrected chi connectivity index (χ0v) is 12.3. The maximum absolute atomic E-state index is 12.1. The summed E-state index contributed by atoms with van der Waals surface area (Å²) in [6, 6.07) is 7.41. The van der Waals surface area contributed by atoms with Crippen molar-refractivity contribution >= 4 is 24.0 Å². The number of anilines is 1. The van der Waals surface area contributed by atoms with Crippen LogP contribution in [-0.4, -0.2) is 33.5 Å². The van der Waals surface area contributed by atoms with Crippen molar-refractivity contribution in [3.63, 3.8) is 0 Å². The van der Waals surface area contributed by atoms with Gasteiger partial charge < -0.3 is 10.6 Å². The topological polar surface area (TPSA) is 71.8 Å². The van der Waals surface area contributed by atoms with Gasteiger partial charge in [0.15, 0.2) is 0 Å². The first-order valence-electron chi connectivity index (χ1n) is 6.84. The van der Waals surface area contributed by atoms with Gasteiger partial charge in [-0.1, -0.05) is 6.42 Å². The Labute approximate surface area is 129 Å². The van der Waals surface area contributed by atoms with E-state index >= 15 is 0 Å². The number of aromatic nitrogens is 3. The number of hydrogen-bond acceptors (Lipinski definition) is 4. The standard InChI is InChI=1S/C14H17N5O.ClH/c20-14(13-3-1-2-8-15-13)18-11-4-6-12(7-5-11)19-16-9-10-17-19;/h4-7,9-10,13,15H,1-3,8H2,(H,18,20);1H/t13-;/m0./s1. The molecule has 112 valence electrons. The van der Waals surface area contributed by atoms with Crippen LogP contribution in [0, 0.1) is 0 Å². The summed E-state index contributed by atoms with van der Waals surface area (Å²) in [5, 5.41) is 14.3. The van der Waals surface area contributed by atoms with Crippen LogP contribution in [0.3, 0.4) is 0 Å². The first-order chi connectivity index (χ1) is 9.83. The van der Waals surface area contributed by atoms with Crippen molar-refractivity contribution in [1.29, 1.82) is 0 Å². The van der Waals surface area contributed by atoms with Crippen LogP contribution in [0.1, 0.15) is 19.3 Å². The molecule has 1 aliphatic heterocycles. The number of benzene rings is 1. The van der Waals surface area contributed by atoms with Crippen molar-refractivity contribution in [2.45, 2.75) is 25.3 Å². The summed E-state index contributed by atoms with van der Waals surface area (Å²) in [6.45, 7) is 0.919. The van der Waals surface area contributed by atoms with Gasteiger partial charge in [-0.15, -0.1) is 12.4 Å². The number of carbonyl (C=O) groups excluding carboxylic acids is 1. The molecule has 1 aromatic heterocycles. The van der Waals surface area contributed by atoms with Crippen LogP contribution < -0.4 is 10.6 Å². The summed E-state index contributed by atoms with van der Waals surface area (Å²) >= 11 is 0. The van der Waals surface area contributed by atoms with Crippen LogP contribution in [0.4, 0.5) is 5.69 Å². The number of hydrogen-bond donors (Lipinski definition) is 2. The smallest absolute Gasteiger partial charge is 0.241 e. The second kappa shape index (κ2) is 7.19. The second-order valence-corrected chi connectivity index (χ2v) is 4.86. The Morgan fingerprint density at radius 3 is 2.52 bits per heavy atom. The van der Waals surface area contributed by atoms with Crippen molar-refractivity contribution in [1.82, 2.24) is 20.3 Å². The first-order valence-corrected chi connectivity index (χ1v) is 6.84. The van der Waals surface area contributed by atoms with E-state index < -0.39 is 0 Å². The van der Waals surface area contributed by atoms with Crippen LogP contribution in [0.5, 0.6) is 0 Å². The molecule has 3 rings (SSSR count). The van der Waals surface area contributed by atoms with E-state index in [4.69, 9.17) is 0 Å². The van der Waals surface area contributed by atoms with Crippen LogP contribution in [0.2, 0.25) is 0 Å². The largest absolute Gasteiger partial charge is 0.325 e. The van der Waals surface area contributed by atoms with Crippen LogP contribution in [0.15, 0.2) is 36.7 Å². The van der Waals surface area contributed by atoms with Gasteiger partial charge in [-0.3, -0.25) is 4.79 Å². The maximum Gasteiger partial charge on any atom is 0.241 e. The first kappa shape index (κ1) is 15.5. The molecular formula is C14H18ClN5O. The van der Waals surface area contributed by atoms with Crippen LogP contribution >= 0.6 is 12.4 Å². The zero-order chi connectivity index (χ0) is 13.8. The van der Waals surface area contributed by atoms with Crippen molar-refractivity contribution in [2.24, 2.45) is 0 Å². The predicted octanol–water partition coefficient (Wildman–Crippen LogP) is 1.77. The van der Waals surface area contributed by atoms with E-state index in [1.54, 1.807) is 12.4 Å². The molecule has 0 spiro atoms. The summed E-state index contributed by atoms with van der Waals surface area (Å²) in [6.07, 6.45) is 6.42. The molecule has 1 atom stereocenters. The quantitative estimate of drug-likeness (QED) is 0.906. The lowest BCUT2D eigenvalue weighted by atomic mass is 10.0. The highest BCUT2D eigenvalue weighted by molar-refractivity contribution is 5.94. The Morgan fingerprint density at radius 1 is 1.19 bits per heavy atom. The SMILES string of the molecule is Cl.O=C(Nc1ccc(-n2nccn2)cc1)[C@@H]1CCCCN1. The van der Waals surface area contributed by atoms with Gasteiger partial charge in [-0.25, -0.2) is 0 Å². The Kier molecular flexibility index (Phi) is 5.30. The summed E-state index contributed by atoms with van der Waals surface area (Å²) in [7, 11) is 0. The highest BCUT2D eigenvalue weighted by Crippen LogP contribution is 2.14. The average Bonchev–Trinajstić information content (AvgIpc) is 3.03. The highest BCUT2D eigenvalue weighted by atomic mass is 35.5. The van der Waals surface area contributed by atoms with Crippen molar-refractivity contribution in [3.8, 4) is 5.69 Å². The molecule has 1 amide bonds. The minimum Gasteiger partial charge on any atom is -0.325 e. The van der Waals surface area contributed by atoms with E-state index in [-0.39, 0.29) is 24.4 Å². The fourth-order valence-corrected chi connectivity index (χ4v) is 2.33. The minimum atomic E-state index is -0.0730. The van der Waals surface area contributed by atoms with Gasteiger partial charge in [0, 0.05) is 5.69 Å². The summed E-state index contributed by atoms with van der Waals surface area (Å²) in [5.74, 6) is 0.0367. The maximum atomic E-state index is 12.1. The molecule has 6 nitrogen and oxygen atoms in total. The minimum absolute atomic E-state index is 0. The van der Waals surface area contributed by atoms with E-state index in [9.17, 15) is 4.79 Å². The molecule has 21 heavy (non-hydrogen) atoms.